The van der Waals surface area contributed by atoms with Crippen LogP contribution in [0.25, 0.3) is 10.9 Å². The number of nitrogens with zero attached hydrogens (tertiary/aromatic N) is 2. The number of ether oxygens (including phenoxy) is 1. The van der Waals surface area contributed by atoms with Gasteiger partial charge >= 0.3 is 5.97 Å². The number of anilines is 1. The van der Waals surface area contributed by atoms with Crippen molar-refractivity contribution >= 4 is 34.5 Å². The Labute approximate surface area is 147 Å². The molecule has 2 heterocycles. The van der Waals surface area contributed by atoms with Crippen LogP contribution in [0.15, 0.2) is 29.2 Å². The van der Waals surface area contributed by atoms with Gasteiger partial charge in [-0.2, -0.15) is 0 Å². The maximum Gasteiger partial charge on any atom is 0.309 e. The zero-order valence-corrected chi connectivity index (χ0v) is 15.4. The van der Waals surface area contributed by atoms with Crippen molar-refractivity contribution in [3.8, 4) is 0 Å². The van der Waals surface area contributed by atoms with Crippen LogP contribution in [-0.2, 0) is 9.53 Å². The number of carbonyl (C=O) groups excluding carboxylic acids is 1. The monoisotopic (exact) mass is 344 g/mol. The summed E-state index contributed by atoms with van der Waals surface area (Å²) in [7, 11) is 0. The third-order valence-electron chi connectivity index (χ3n) is 4.65. The average Bonchev–Trinajstić information content (AvgIpc) is 2.61. The molecule has 0 atom stereocenters. The van der Waals surface area contributed by atoms with Crippen LogP contribution in [0.1, 0.15) is 25.3 Å². The molecule has 1 aliphatic rings. The molecule has 1 aliphatic heterocycles. The Kier molecular flexibility index (Phi) is 5.29. The number of aromatic nitrogens is 1. The van der Waals surface area contributed by atoms with E-state index in [9.17, 15) is 4.79 Å². The summed E-state index contributed by atoms with van der Waals surface area (Å²) < 4.78 is 5.15. The van der Waals surface area contributed by atoms with E-state index in [0.29, 0.717) is 6.61 Å². The Hall–Kier alpha value is -1.75. The zero-order valence-electron chi connectivity index (χ0n) is 14.5. The van der Waals surface area contributed by atoms with E-state index in [1.807, 2.05) is 6.92 Å². The fourth-order valence-corrected chi connectivity index (χ4v) is 3.87. The summed E-state index contributed by atoms with van der Waals surface area (Å²) in [6.45, 7) is 6.16. The fraction of sp³-hybridized carbons (Fsp3) is 0.474. The highest BCUT2D eigenvalue weighted by Crippen LogP contribution is 2.31. The van der Waals surface area contributed by atoms with Gasteiger partial charge in [-0.05, 0) is 50.6 Å². The van der Waals surface area contributed by atoms with Gasteiger partial charge in [-0.3, -0.25) is 4.79 Å². The minimum atomic E-state index is -0.0514. The number of benzene rings is 1. The molecular formula is C19H24N2O2S. The summed E-state index contributed by atoms with van der Waals surface area (Å²) in [5.74, 6) is 0.998. The molecule has 4 nitrogen and oxygen atoms in total. The van der Waals surface area contributed by atoms with Gasteiger partial charge in [0.15, 0.2) is 0 Å². The lowest BCUT2D eigenvalue weighted by Gasteiger charge is -2.32. The van der Waals surface area contributed by atoms with Crippen molar-refractivity contribution in [2.45, 2.75) is 31.6 Å². The first kappa shape index (κ1) is 17.1. The zero-order chi connectivity index (χ0) is 17.1. The number of thioether (sulfide) groups is 1. The average molecular weight is 344 g/mol. The van der Waals surface area contributed by atoms with E-state index in [1.54, 1.807) is 11.8 Å². The molecule has 1 saturated heterocycles. The smallest absolute Gasteiger partial charge is 0.309 e. The second kappa shape index (κ2) is 7.43. The van der Waals surface area contributed by atoms with Crippen LogP contribution in [0.5, 0.6) is 0 Å². The van der Waals surface area contributed by atoms with Gasteiger partial charge in [0.2, 0.25) is 0 Å². The maximum absolute atomic E-state index is 11.9. The third-order valence-corrected chi connectivity index (χ3v) is 5.42. The second-order valence-corrected chi connectivity index (χ2v) is 7.02. The fourth-order valence-electron chi connectivity index (χ4n) is 3.31. The lowest BCUT2D eigenvalue weighted by Crippen LogP contribution is -2.37. The van der Waals surface area contributed by atoms with Crippen molar-refractivity contribution in [1.82, 2.24) is 4.98 Å². The summed E-state index contributed by atoms with van der Waals surface area (Å²) in [4.78, 5) is 20.3. The van der Waals surface area contributed by atoms with Crippen LogP contribution in [0, 0.1) is 12.8 Å². The molecule has 2 aromatic rings. The number of piperidine rings is 1. The highest BCUT2D eigenvalue weighted by Gasteiger charge is 2.26. The van der Waals surface area contributed by atoms with Crippen LogP contribution >= 0.6 is 11.8 Å². The van der Waals surface area contributed by atoms with Gasteiger partial charge < -0.3 is 9.64 Å². The number of carbonyl (C=O) groups is 1. The van der Waals surface area contributed by atoms with Crippen LogP contribution in [0.3, 0.4) is 0 Å². The molecule has 1 fully saturated rings. The minimum Gasteiger partial charge on any atom is -0.466 e. The first-order valence-corrected chi connectivity index (χ1v) is 9.72. The summed E-state index contributed by atoms with van der Waals surface area (Å²) >= 11 is 1.73. The quantitative estimate of drug-likeness (QED) is 0.618. The summed E-state index contributed by atoms with van der Waals surface area (Å²) in [6, 6.07) is 8.51. The Morgan fingerprint density at radius 2 is 2.12 bits per heavy atom. The van der Waals surface area contributed by atoms with E-state index < -0.39 is 0 Å². The van der Waals surface area contributed by atoms with Gasteiger partial charge in [-0.25, -0.2) is 4.98 Å². The normalized spacial score (nSPS) is 15.7. The minimum absolute atomic E-state index is 0.0320. The number of aryl methyl sites for hydroxylation is 1. The van der Waals surface area contributed by atoms with Gasteiger partial charge in [0.05, 0.1) is 18.0 Å². The molecule has 0 spiro atoms. The van der Waals surface area contributed by atoms with E-state index in [1.165, 1.54) is 15.8 Å². The lowest BCUT2D eigenvalue weighted by atomic mass is 9.97. The standard InChI is InChI=1S/C19H24N2O2S/c1-4-23-19(22)14-8-10-21(11-9-14)17-12-13(2)15-6-5-7-16(24-3)18(15)20-17/h5-7,12,14H,4,8-11H2,1-3H3. The Balaban J connectivity index is 1.82. The van der Waals surface area contributed by atoms with E-state index in [0.717, 1.165) is 37.3 Å². The Morgan fingerprint density at radius 3 is 2.79 bits per heavy atom. The topological polar surface area (TPSA) is 42.4 Å². The molecule has 1 aromatic carbocycles. The Morgan fingerprint density at radius 1 is 1.38 bits per heavy atom. The van der Waals surface area contributed by atoms with Gasteiger partial charge in [0.1, 0.15) is 5.82 Å². The van der Waals surface area contributed by atoms with E-state index in [-0.39, 0.29) is 11.9 Å². The number of pyridine rings is 1. The summed E-state index contributed by atoms with van der Waals surface area (Å²) in [5.41, 5.74) is 2.32. The largest absolute Gasteiger partial charge is 0.466 e. The highest BCUT2D eigenvalue weighted by molar-refractivity contribution is 7.98. The highest BCUT2D eigenvalue weighted by atomic mass is 32.2. The number of para-hydroxylation sites is 1. The predicted molar refractivity (Wildman–Crippen MR) is 99.8 cm³/mol. The SMILES string of the molecule is CCOC(=O)C1CCN(c2cc(C)c3cccc(SC)c3n2)CC1. The van der Waals surface area contributed by atoms with Crippen molar-refractivity contribution in [3.05, 3.63) is 29.8 Å². The van der Waals surface area contributed by atoms with Gasteiger partial charge in [-0.15, -0.1) is 11.8 Å². The number of esters is 1. The Bertz CT molecular complexity index is 739. The van der Waals surface area contributed by atoms with E-state index in [4.69, 9.17) is 9.72 Å². The molecular weight excluding hydrogens is 320 g/mol. The second-order valence-electron chi connectivity index (χ2n) is 6.17. The molecule has 0 amide bonds. The summed E-state index contributed by atoms with van der Waals surface area (Å²) in [6.07, 6.45) is 3.76. The first-order chi connectivity index (χ1) is 11.6. The lowest BCUT2D eigenvalue weighted by molar-refractivity contribution is -0.148. The number of fused-ring (bicyclic) bond motifs is 1. The van der Waals surface area contributed by atoms with E-state index >= 15 is 0 Å². The van der Waals surface area contributed by atoms with Crippen molar-refractivity contribution < 1.29 is 9.53 Å². The van der Waals surface area contributed by atoms with Crippen LogP contribution in [0.2, 0.25) is 0 Å². The van der Waals surface area contributed by atoms with Crippen LogP contribution in [-0.4, -0.2) is 36.9 Å². The van der Waals surface area contributed by atoms with Crippen molar-refractivity contribution in [1.29, 1.82) is 0 Å². The van der Waals surface area contributed by atoms with Gasteiger partial charge in [0.25, 0.3) is 0 Å². The van der Waals surface area contributed by atoms with Gasteiger partial charge in [0, 0.05) is 23.4 Å². The van der Waals surface area contributed by atoms with Gasteiger partial charge in [-0.1, -0.05) is 12.1 Å². The van der Waals surface area contributed by atoms with Crippen molar-refractivity contribution in [3.63, 3.8) is 0 Å². The maximum atomic E-state index is 11.9. The third kappa shape index (κ3) is 3.36. The predicted octanol–water partition coefficient (Wildman–Crippen LogP) is 4.04. The molecule has 0 aliphatic carbocycles. The molecule has 128 valence electrons. The first-order valence-electron chi connectivity index (χ1n) is 8.50. The van der Waals surface area contributed by atoms with Crippen molar-refractivity contribution in [2.24, 2.45) is 5.92 Å². The number of hydrogen-bond donors (Lipinski definition) is 0. The molecule has 0 bridgehead atoms. The summed E-state index contributed by atoms with van der Waals surface area (Å²) in [5, 5.41) is 1.21. The molecule has 0 unspecified atom stereocenters. The van der Waals surface area contributed by atoms with Crippen molar-refractivity contribution in [2.75, 3.05) is 30.9 Å². The molecule has 5 heteroatoms. The molecule has 1 aromatic heterocycles. The number of rotatable bonds is 4. The number of hydrogen-bond acceptors (Lipinski definition) is 5. The molecule has 0 saturated carbocycles. The molecule has 0 radical (unpaired) electrons. The molecule has 0 N–H and O–H groups in total. The van der Waals surface area contributed by atoms with Crippen LogP contribution < -0.4 is 4.90 Å². The molecule has 3 rings (SSSR count). The van der Waals surface area contributed by atoms with Crippen LogP contribution in [0.4, 0.5) is 5.82 Å². The van der Waals surface area contributed by atoms with E-state index in [2.05, 4.69) is 42.3 Å². The molecule has 24 heavy (non-hydrogen) atoms.